The number of carbonyl (C=O) groups is 1. The first kappa shape index (κ1) is 19.9. The summed E-state index contributed by atoms with van der Waals surface area (Å²) in [5, 5.41) is 13.3. The summed E-state index contributed by atoms with van der Waals surface area (Å²) in [6.45, 7) is 2.87. The Morgan fingerprint density at radius 1 is 0.938 bits per heavy atom. The molecule has 0 spiro atoms. The average molecular weight is 429 g/mol. The molecule has 1 aliphatic rings. The molecule has 0 aliphatic carbocycles. The van der Waals surface area contributed by atoms with E-state index < -0.39 is 0 Å². The van der Waals surface area contributed by atoms with Crippen molar-refractivity contribution in [3.63, 3.8) is 0 Å². The SMILES string of the molecule is O=C(COc1ccccc1)N1CCCN(c2ccc3nnc(-c4cccnc4)n3n2)CC1. The van der Waals surface area contributed by atoms with E-state index in [2.05, 4.69) is 20.1 Å². The van der Waals surface area contributed by atoms with Crippen LogP contribution in [0.2, 0.25) is 0 Å². The van der Waals surface area contributed by atoms with E-state index in [4.69, 9.17) is 9.84 Å². The summed E-state index contributed by atoms with van der Waals surface area (Å²) in [4.78, 5) is 20.9. The van der Waals surface area contributed by atoms with Crippen molar-refractivity contribution in [1.82, 2.24) is 29.7 Å². The van der Waals surface area contributed by atoms with Crippen LogP contribution >= 0.6 is 0 Å². The predicted molar refractivity (Wildman–Crippen MR) is 119 cm³/mol. The number of aromatic nitrogens is 5. The molecule has 0 saturated carbocycles. The highest BCUT2D eigenvalue weighted by Crippen LogP contribution is 2.20. The van der Waals surface area contributed by atoms with Crippen LogP contribution in [0.1, 0.15) is 6.42 Å². The fraction of sp³-hybridized carbons (Fsp3) is 0.261. The molecule has 1 fully saturated rings. The van der Waals surface area contributed by atoms with Crippen molar-refractivity contribution in [1.29, 1.82) is 0 Å². The van der Waals surface area contributed by atoms with Crippen molar-refractivity contribution in [3.05, 3.63) is 67.0 Å². The summed E-state index contributed by atoms with van der Waals surface area (Å²) in [6.07, 6.45) is 4.33. The van der Waals surface area contributed by atoms with Crippen molar-refractivity contribution in [2.24, 2.45) is 0 Å². The van der Waals surface area contributed by atoms with Crippen LogP contribution in [0.5, 0.6) is 5.75 Å². The number of benzene rings is 1. The highest BCUT2D eigenvalue weighted by molar-refractivity contribution is 5.78. The molecule has 9 heteroatoms. The maximum atomic E-state index is 12.6. The Balaban J connectivity index is 1.27. The zero-order chi connectivity index (χ0) is 21.8. The molecule has 32 heavy (non-hydrogen) atoms. The second-order valence-electron chi connectivity index (χ2n) is 7.55. The number of nitrogens with zero attached hydrogens (tertiary/aromatic N) is 7. The van der Waals surface area contributed by atoms with Crippen LogP contribution in [-0.2, 0) is 4.79 Å². The average Bonchev–Trinajstić information content (AvgIpc) is 3.11. The molecule has 1 aliphatic heterocycles. The molecule has 9 nitrogen and oxygen atoms in total. The quantitative estimate of drug-likeness (QED) is 0.481. The smallest absolute Gasteiger partial charge is 0.260 e. The monoisotopic (exact) mass is 429 g/mol. The Kier molecular flexibility index (Phi) is 5.61. The Morgan fingerprint density at radius 2 is 1.84 bits per heavy atom. The van der Waals surface area contributed by atoms with E-state index in [0.717, 1.165) is 24.3 Å². The number of hydrogen-bond donors (Lipinski definition) is 0. The third-order valence-electron chi connectivity index (χ3n) is 5.45. The Bertz CT molecular complexity index is 1200. The highest BCUT2D eigenvalue weighted by Gasteiger charge is 2.21. The van der Waals surface area contributed by atoms with Crippen molar-refractivity contribution in [2.75, 3.05) is 37.7 Å². The number of fused-ring (bicyclic) bond motifs is 1. The summed E-state index contributed by atoms with van der Waals surface area (Å²) in [6, 6.07) is 17.1. The van der Waals surface area contributed by atoms with Gasteiger partial charge in [0.25, 0.3) is 5.91 Å². The minimum absolute atomic E-state index is 0.00297. The maximum Gasteiger partial charge on any atom is 0.260 e. The van der Waals surface area contributed by atoms with E-state index in [0.29, 0.717) is 36.9 Å². The first-order valence-electron chi connectivity index (χ1n) is 10.6. The van der Waals surface area contributed by atoms with E-state index in [1.165, 1.54) is 0 Å². The molecule has 4 heterocycles. The summed E-state index contributed by atoms with van der Waals surface area (Å²) >= 11 is 0. The zero-order valence-corrected chi connectivity index (χ0v) is 17.5. The molecule has 0 bridgehead atoms. The van der Waals surface area contributed by atoms with Crippen LogP contribution in [0, 0.1) is 0 Å². The van der Waals surface area contributed by atoms with Gasteiger partial charge < -0.3 is 14.5 Å². The molecular weight excluding hydrogens is 406 g/mol. The molecule has 4 aromatic rings. The molecular formula is C23H23N7O2. The third kappa shape index (κ3) is 4.22. The lowest BCUT2D eigenvalue weighted by molar-refractivity contribution is -0.133. The van der Waals surface area contributed by atoms with Gasteiger partial charge in [-0.15, -0.1) is 15.3 Å². The molecule has 3 aromatic heterocycles. The minimum atomic E-state index is -0.00297. The normalized spacial score (nSPS) is 14.4. The van der Waals surface area contributed by atoms with Crippen LogP contribution in [0.25, 0.3) is 17.0 Å². The van der Waals surface area contributed by atoms with Crippen LogP contribution < -0.4 is 9.64 Å². The van der Waals surface area contributed by atoms with E-state index in [-0.39, 0.29) is 12.5 Å². The number of ether oxygens (including phenoxy) is 1. The van der Waals surface area contributed by atoms with Crippen molar-refractivity contribution in [3.8, 4) is 17.1 Å². The second-order valence-corrected chi connectivity index (χ2v) is 7.55. The number of carbonyl (C=O) groups excluding carboxylic acids is 1. The fourth-order valence-electron chi connectivity index (χ4n) is 3.77. The molecule has 1 aromatic carbocycles. The Hall–Kier alpha value is -4.01. The number of hydrogen-bond acceptors (Lipinski definition) is 7. The van der Waals surface area contributed by atoms with Gasteiger partial charge in [-0.3, -0.25) is 9.78 Å². The zero-order valence-electron chi connectivity index (χ0n) is 17.5. The topological polar surface area (TPSA) is 88.8 Å². The van der Waals surface area contributed by atoms with Crippen LogP contribution in [0.15, 0.2) is 67.0 Å². The number of para-hydroxylation sites is 1. The third-order valence-corrected chi connectivity index (χ3v) is 5.45. The Morgan fingerprint density at radius 3 is 2.69 bits per heavy atom. The van der Waals surface area contributed by atoms with Gasteiger partial charge in [0.15, 0.2) is 18.1 Å². The van der Waals surface area contributed by atoms with Crippen LogP contribution in [0.3, 0.4) is 0 Å². The number of rotatable bonds is 5. The molecule has 162 valence electrons. The summed E-state index contributed by atoms with van der Waals surface area (Å²) in [5.74, 6) is 2.18. The summed E-state index contributed by atoms with van der Waals surface area (Å²) < 4.78 is 7.37. The molecule has 0 atom stereocenters. The maximum absolute atomic E-state index is 12.6. The number of amides is 1. The van der Waals surface area contributed by atoms with E-state index in [9.17, 15) is 4.79 Å². The number of pyridine rings is 1. The van der Waals surface area contributed by atoms with Gasteiger partial charge in [0.1, 0.15) is 11.6 Å². The lowest BCUT2D eigenvalue weighted by Gasteiger charge is -2.23. The summed E-state index contributed by atoms with van der Waals surface area (Å²) in [7, 11) is 0. The summed E-state index contributed by atoms with van der Waals surface area (Å²) in [5.41, 5.74) is 1.54. The Labute approximate surface area is 185 Å². The standard InChI is InChI=1S/C23H23N7O2/c31-22(17-32-19-7-2-1-3-8-19)29-13-5-12-28(14-15-29)21-10-9-20-25-26-23(30(20)27-21)18-6-4-11-24-16-18/h1-4,6-11,16H,5,12-15,17H2. The lowest BCUT2D eigenvalue weighted by atomic mass is 10.3. The first-order valence-corrected chi connectivity index (χ1v) is 10.6. The van der Waals surface area contributed by atoms with Crippen LogP contribution in [0.4, 0.5) is 5.82 Å². The van der Waals surface area contributed by atoms with Gasteiger partial charge in [0.2, 0.25) is 0 Å². The van der Waals surface area contributed by atoms with Gasteiger partial charge in [0.05, 0.1) is 0 Å². The highest BCUT2D eigenvalue weighted by atomic mass is 16.5. The molecule has 1 saturated heterocycles. The van der Waals surface area contributed by atoms with Gasteiger partial charge in [0, 0.05) is 44.1 Å². The van der Waals surface area contributed by atoms with Crippen molar-refractivity contribution >= 4 is 17.4 Å². The van der Waals surface area contributed by atoms with Crippen LogP contribution in [-0.4, -0.2) is 68.4 Å². The molecule has 0 N–H and O–H groups in total. The van der Waals surface area contributed by atoms with E-state index >= 15 is 0 Å². The minimum Gasteiger partial charge on any atom is -0.484 e. The molecule has 0 unspecified atom stereocenters. The van der Waals surface area contributed by atoms with Crippen molar-refractivity contribution < 1.29 is 9.53 Å². The van der Waals surface area contributed by atoms with Gasteiger partial charge in [-0.05, 0) is 42.8 Å². The van der Waals surface area contributed by atoms with E-state index in [1.807, 2.05) is 59.5 Å². The number of anilines is 1. The van der Waals surface area contributed by atoms with Gasteiger partial charge in [-0.2, -0.15) is 4.52 Å². The fourth-order valence-corrected chi connectivity index (χ4v) is 3.77. The predicted octanol–water partition coefficient (Wildman–Crippen LogP) is 2.30. The molecule has 5 rings (SSSR count). The second kappa shape index (κ2) is 9.01. The van der Waals surface area contributed by atoms with Gasteiger partial charge in [-0.25, -0.2) is 0 Å². The first-order chi connectivity index (χ1) is 15.8. The van der Waals surface area contributed by atoms with Gasteiger partial charge >= 0.3 is 0 Å². The molecule has 0 radical (unpaired) electrons. The largest absolute Gasteiger partial charge is 0.484 e. The van der Waals surface area contributed by atoms with E-state index in [1.54, 1.807) is 16.9 Å². The van der Waals surface area contributed by atoms with Crippen molar-refractivity contribution in [2.45, 2.75) is 6.42 Å². The molecule has 1 amide bonds. The lowest BCUT2D eigenvalue weighted by Crippen LogP contribution is -2.38. The van der Waals surface area contributed by atoms with Gasteiger partial charge in [-0.1, -0.05) is 18.2 Å².